The van der Waals surface area contributed by atoms with E-state index in [1.165, 1.54) is 0 Å². The fourth-order valence-electron chi connectivity index (χ4n) is 4.44. The molecule has 0 radical (unpaired) electrons. The number of Topliss-reactive ketones (excluding diaryl/α,β-unsaturated/α-hetero) is 1. The lowest BCUT2D eigenvalue weighted by Crippen LogP contribution is -2.47. The molecule has 5 atom stereocenters. The number of carboxylic acid groups (broad SMARTS) is 1. The highest BCUT2D eigenvalue weighted by Crippen LogP contribution is 2.48. The lowest BCUT2D eigenvalue weighted by atomic mass is 9.74. The molecule has 0 bridgehead atoms. The summed E-state index contributed by atoms with van der Waals surface area (Å²) in [7, 11) is 0. The van der Waals surface area contributed by atoms with Crippen molar-refractivity contribution in [2.75, 3.05) is 0 Å². The van der Waals surface area contributed by atoms with Gasteiger partial charge in [0.15, 0.2) is 0 Å². The van der Waals surface area contributed by atoms with Gasteiger partial charge in [-0.2, -0.15) is 0 Å². The van der Waals surface area contributed by atoms with Crippen LogP contribution in [0.15, 0.2) is 11.6 Å². The summed E-state index contributed by atoms with van der Waals surface area (Å²) < 4.78 is 0. The molecule has 1 amide bonds. The summed E-state index contributed by atoms with van der Waals surface area (Å²) >= 11 is 0. The number of ketones is 1. The summed E-state index contributed by atoms with van der Waals surface area (Å²) in [5, 5.41) is 12.3. The van der Waals surface area contributed by atoms with E-state index in [-0.39, 0.29) is 35.4 Å². The van der Waals surface area contributed by atoms with E-state index >= 15 is 0 Å². The zero-order valence-electron chi connectivity index (χ0n) is 13.8. The van der Waals surface area contributed by atoms with Crippen LogP contribution in [0.5, 0.6) is 0 Å². The Morgan fingerprint density at radius 1 is 1.30 bits per heavy atom. The summed E-state index contributed by atoms with van der Waals surface area (Å²) in [5.41, 5.74) is -0.439. The molecule has 126 valence electrons. The molecule has 0 saturated heterocycles. The third-order valence-corrected chi connectivity index (χ3v) is 6.08. The van der Waals surface area contributed by atoms with Crippen LogP contribution >= 0.6 is 0 Å². The van der Waals surface area contributed by atoms with Gasteiger partial charge in [-0.1, -0.05) is 26.3 Å². The normalized spacial score (nSPS) is 38.7. The summed E-state index contributed by atoms with van der Waals surface area (Å²) in [5.74, 6) is -0.774. The quantitative estimate of drug-likeness (QED) is 0.814. The Balaban J connectivity index is 1.82. The van der Waals surface area contributed by atoms with E-state index in [1.807, 2.05) is 13.0 Å². The van der Waals surface area contributed by atoms with Crippen molar-refractivity contribution in [3.05, 3.63) is 11.6 Å². The van der Waals surface area contributed by atoms with Crippen LogP contribution in [0.3, 0.4) is 0 Å². The lowest BCUT2D eigenvalue weighted by Gasteiger charge is -2.30. The Morgan fingerprint density at radius 2 is 2.04 bits per heavy atom. The first-order chi connectivity index (χ1) is 10.9. The van der Waals surface area contributed by atoms with Crippen molar-refractivity contribution < 1.29 is 19.5 Å². The van der Waals surface area contributed by atoms with Crippen molar-refractivity contribution in [2.45, 2.75) is 57.9 Å². The third-order valence-electron chi connectivity index (χ3n) is 6.08. The number of carboxylic acids is 1. The van der Waals surface area contributed by atoms with Gasteiger partial charge in [0.05, 0.1) is 0 Å². The van der Waals surface area contributed by atoms with Gasteiger partial charge in [-0.15, -0.1) is 0 Å². The Morgan fingerprint density at radius 3 is 2.61 bits per heavy atom. The van der Waals surface area contributed by atoms with Crippen LogP contribution in [0.2, 0.25) is 0 Å². The molecule has 5 unspecified atom stereocenters. The molecule has 0 spiro atoms. The first kappa shape index (κ1) is 16.2. The minimum Gasteiger partial charge on any atom is -0.479 e. The zero-order chi connectivity index (χ0) is 16.8. The van der Waals surface area contributed by atoms with Crippen LogP contribution in [0.25, 0.3) is 0 Å². The van der Waals surface area contributed by atoms with E-state index < -0.39 is 11.5 Å². The highest BCUT2D eigenvalue weighted by atomic mass is 16.4. The predicted molar refractivity (Wildman–Crippen MR) is 84.6 cm³/mol. The molecule has 3 rings (SSSR count). The highest BCUT2D eigenvalue weighted by molar-refractivity contribution is 6.00. The Bertz CT molecular complexity index is 582. The average molecular weight is 319 g/mol. The van der Waals surface area contributed by atoms with Crippen LogP contribution in [0.4, 0.5) is 0 Å². The summed E-state index contributed by atoms with van der Waals surface area (Å²) in [6.07, 6.45) is 6.23. The number of hydrogen-bond acceptors (Lipinski definition) is 3. The minimum absolute atomic E-state index is 0.0103. The van der Waals surface area contributed by atoms with E-state index in [0.717, 1.165) is 25.7 Å². The van der Waals surface area contributed by atoms with Crippen LogP contribution in [-0.2, 0) is 14.4 Å². The van der Waals surface area contributed by atoms with Gasteiger partial charge in [0.1, 0.15) is 11.3 Å². The second kappa shape index (κ2) is 5.77. The number of nitrogens with one attached hydrogen (secondary N) is 1. The van der Waals surface area contributed by atoms with Gasteiger partial charge in [-0.3, -0.25) is 9.59 Å². The van der Waals surface area contributed by atoms with Gasteiger partial charge < -0.3 is 10.4 Å². The standard InChI is InChI=1S/C18H25NO4/c1-3-10-7-13-12(5-6-15(13)20)14(8-10)16(21)19-18(17(22)23)9-11(18)4-2/h8,10-13H,3-7,9H2,1-2H3,(H,19,21)(H,22,23). The molecule has 0 heterocycles. The van der Waals surface area contributed by atoms with Crippen molar-refractivity contribution >= 4 is 17.7 Å². The number of rotatable bonds is 5. The molecule has 5 nitrogen and oxygen atoms in total. The SMILES string of the molecule is CCC1C=C(C(=O)NC2(C(=O)O)CC2CC)C2CCC(=O)C2C1. The molecule has 23 heavy (non-hydrogen) atoms. The van der Waals surface area contributed by atoms with Gasteiger partial charge >= 0.3 is 5.97 Å². The smallest absolute Gasteiger partial charge is 0.329 e. The van der Waals surface area contributed by atoms with Crippen molar-refractivity contribution in [3.63, 3.8) is 0 Å². The number of fused-ring (bicyclic) bond motifs is 1. The Labute approximate surface area is 136 Å². The van der Waals surface area contributed by atoms with E-state index in [4.69, 9.17) is 0 Å². The Kier molecular flexibility index (Phi) is 4.07. The molecular weight excluding hydrogens is 294 g/mol. The first-order valence-electron chi connectivity index (χ1n) is 8.73. The van der Waals surface area contributed by atoms with Crippen molar-refractivity contribution in [1.82, 2.24) is 5.32 Å². The number of allylic oxidation sites excluding steroid dienone is 1. The van der Waals surface area contributed by atoms with Crippen LogP contribution in [-0.4, -0.2) is 28.3 Å². The number of aliphatic carboxylic acids is 1. The van der Waals surface area contributed by atoms with Crippen molar-refractivity contribution in [3.8, 4) is 0 Å². The van der Waals surface area contributed by atoms with E-state index in [0.29, 0.717) is 18.4 Å². The van der Waals surface area contributed by atoms with Gasteiger partial charge in [-0.25, -0.2) is 4.79 Å². The monoisotopic (exact) mass is 319 g/mol. The van der Waals surface area contributed by atoms with Gasteiger partial charge in [0.25, 0.3) is 0 Å². The second-order valence-corrected chi connectivity index (χ2v) is 7.28. The van der Waals surface area contributed by atoms with E-state index in [1.54, 1.807) is 0 Å². The second-order valence-electron chi connectivity index (χ2n) is 7.28. The number of hydrogen-bond donors (Lipinski definition) is 2. The molecule has 3 aliphatic rings. The molecule has 0 aromatic carbocycles. The van der Waals surface area contributed by atoms with E-state index in [9.17, 15) is 19.5 Å². The number of amides is 1. The van der Waals surface area contributed by atoms with Gasteiger partial charge in [0, 0.05) is 17.9 Å². The maximum absolute atomic E-state index is 12.8. The fraction of sp³-hybridized carbons (Fsp3) is 0.722. The fourth-order valence-corrected chi connectivity index (χ4v) is 4.44. The number of carbonyl (C=O) groups is 3. The van der Waals surface area contributed by atoms with Crippen molar-refractivity contribution in [1.29, 1.82) is 0 Å². The molecule has 3 aliphatic carbocycles. The molecule has 0 aromatic heterocycles. The summed E-state index contributed by atoms with van der Waals surface area (Å²) in [6, 6.07) is 0. The molecule has 0 aliphatic heterocycles. The summed E-state index contributed by atoms with van der Waals surface area (Å²) in [6.45, 7) is 4.00. The van der Waals surface area contributed by atoms with Gasteiger partial charge in [-0.05, 0) is 43.4 Å². The molecule has 2 N–H and O–H groups in total. The summed E-state index contributed by atoms with van der Waals surface area (Å²) in [4.78, 5) is 36.4. The molecular formula is C18H25NO4. The first-order valence-corrected chi connectivity index (χ1v) is 8.73. The maximum Gasteiger partial charge on any atom is 0.329 e. The minimum atomic E-state index is -1.09. The van der Waals surface area contributed by atoms with E-state index in [2.05, 4.69) is 12.2 Å². The van der Waals surface area contributed by atoms with Crippen LogP contribution in [0, 0.1) is 23.7 Å². The number of carbonyl (C=O) groups excluding carboxylic acids is 2. The van der Waals surface area contributed by atoms with Crippen LogP contribution < -0.4 is 5.32 Å². The maximum atomic E-state index is 12.8. The Hall–Kier alpha value is -1.65. The van der Waals surface area contributed by atoms with Crippen LogP contribution in [0.1, 0.15) is 52.4 Å². The molecule has 5 heteroatoms. The largest absolute Gasteiger partial charge is 0.479 e. The van der Waals surface area contributed by atoms with Crippen molar-refractivity contribution in [2.24, 2.45) is 23.7 Å². The molecule has 0 aromatic rings. The van der Waals surface area contributed by atoms with Gasteiger partial charge in [0.2, 0.25) is 5.91 Å². The zero-order valence-corrected chi connectivity index (χ0v) is 13.8. The lowest BCUT2D eigenvalue weighted by molar-refractivity contribution is -0.143. The molecule has 2 fully saturated rings. The predicted octanol–water partition coefficient (Wildman–Crippen LogP) is 2.31. The molecule has 2 saturated carbocycles. The topological polar surface area (TPSA) is 83.5 Å². The average Bonchev–Trinajstić information content (AvgIpc) is 3.14. The third kappa shape index (κ3) is 2.60. The highest BCUT2D eigenvalue weighted by Gasteiger charge is 2.61.